The first-order valence-electron chi connectivity index (χ1n) is 3.11. The van der Waals surface area contributed by atoms with Crippen LogP contribution in [-0.4, -0.2) is 42.3 Å². The standard InChI is InChI=1S/C5H9NO4S/c1-4(7)6(2)3-5(6)11(8,9)10/h5H,3H2,1-2H3/p+1. The van der Waals surface area contributed by atoms with Gasteiger partial charge in [-0.2, -0.15) is 8.42 Å². The van der Waals surface area contributed by atoms with E-state index in [0.717, 1.165) is 0 Å². The van der Waals surface area contributed by atoms with Crippen molar-refractivity contribution in [3.8, 4) is 0 Å². The third-order valence-corrected chi connectivity index (χ3v) is 3.40. The van der Waals surface area contributed by atoms with E-state index in [4.69, 9.17) is 4.55 Å². The lowest BCUT2D eigenvalue weighted by Gasteiger charge is -2.05. The maximum absolute atomic E-state index is 10.8. The molecule has 2 atom stereocenters. The molecule has 11 heavy (non-hydrogen) atoms. The van der Waals surface area contributed by atoms with Gasteiger partial charge in [-0.3, -0.25) is 4.55 Å². The van der Waals surface area contributed by atoms with E-state index in [1.807, 2.05) is 0 Å². The number of amides is 1. The number of rotatable bonds is 1. The Kier molecular flexibility index (Phi) is 1.59. The predicted octanol–water partition coefficient (Wildman–Crippen LogP) is -0.793. The number of hydrogen-bond acceptors (Lipinski definition) is 3. The molecule has 0 aliphatic carbocycles. The summed E-state index contributed by atoms with van der Waals surface area (Å²) in [5.74, 6) is -0.243. The van der Waals surface area contributed by atoms with Crippen molar-refractivity contribution in [1.82, 2.24) is 0 Å². The van der Waals surface area contributed by atoms with E-state index in [-0.39, 0.29) is 16.9 Å². The molecule has 64 valence electrons. The van der Waals surface area contributed by atoms with Crippen LogP contribution in [-0.2, 0) is 14.9 Å². The molecule has 6 heteroatoms. The Labute approximate surface area is 65.0 Å². The van der Waals surface area contributed by atoms with Gasteiger partial charge in [-0.1, -0.05) is 0 Å². The quantitative estimate of drug-likeness (QED) is 0.326. The fourth-order valence-corrected chi connectivity index (χ4v) is 2.23. The maximum atomic E-state index is 10.8. The number of hydrogen-bond donors (Lipinski definition) is 1. The second-order valence-corrected chi connectivity index (χ2v) is 4.51. The highest BCUT2D eigenvalue weighted by Gasteiger charge is 2.63. The fraction of sp³-hybridized carbons (Fsp3) is 0.800. The molecule has 0 aromatic heterocycles. The van der Waals surface area contributed by atoms with E-state index in [1.165, 1.54) is 14.0 Å². The van der Waals surface area contributed by atoms with E-state index in [1.54, 1.807) is 0 Å². The topological polar surface area (TPSA) is 71.4 Å². The van der Waals surface area contributed by atoms with E-state index in [2.05, 4.69) is 0 Å². The Morgan fingerprint density at radius 3 is 2.18 bits per heavy atom. The first-order chi connectivity index (χ1) is 4.78. The zero-order chi connectivity index (χ0) is 8.86. The van der Waals surface area contributed by atoms with Crippen LogP contribution in [0.2, 0.25) is 0 Å². The molecule has 1 saturated heterocycles. The lowest BCUT2D eigenvalue weighted by molar-refractivity contribution is -0.700. The molecule has 1 aliphatic heterocycles. The number of carbonyl (C=O) groups excluding carboxylic acids is 1. The highest BCUT2D eigenvalue weighted by atomic mass is 32.2. The molecule has 5 nitrogen and oxygen atoms in total. The maximum Gasteiger partial charge on any atom is 0.325 e. The number of carbonyl (C=O) groups is 1. The van der Waals surface area contributed by atoms with Crippen LogP contribution in [0.25, 0.3) is 0 Å². The molecule has 0 radical (unpaired) electrons. The van der Waals surface area contributed by atoms with Crippen molar-refractivity contribution >= 4 is 16.0 Å². The smallest absolute Gasteiger partial charge is 0.281 e. The molecule has 1 amide bonds. The average molecular weight is 180 g/mol. The number of quaternary nitrogens is 1. The molecule has 1 aliphatic rings. The number of likely N-dealkylation sites (N-methyl/N-ethyl adjacent to an activating group) is 1. The lowest BCUT2D eigenvalue weighted by atomic mass is 10.6. The molecule has 0 saturated carbocycles. The summed E-state index contributed by atoms with van der Waals surface area (Å²) < 4.78 is 29.4. The van der Waals surface area contributed by atoms with Gasteiger partial charge in [-0.05, 0) is 0 Å². The number of nitrogens with zero attached hydrogens (tertiary/aromatic N) is 1. The van der Waals surface area contributed by atoms with Crippen LogP contribution >= 0.6 is 0 Å². The van der Waals surface area contributed by atoms with Gasteiger partial charge in [0.15, 0.2) is 6.54 Å². The summed E-state index contributed by atoms with van der Waals surface area (Å²) in [4.78, 5) is 10.8. The second-order valence-electron chi connectivity index (χ2n) is 2.94. The monoisotopic (exact) mass is 180 g/mol. The summed E-state index contributed by atoms with van der Waals surface area (Å²) in [5.41, 5.74) is 0. The van der Waals surface area contributed by atoms with Crippen molar-refractivity contribution in [2.75, 3.05) is 13.6 Å². The van der Waals surface area contributed by atoms with Crippen LogP contribution in [0.15, 0.2) is 0 Å². The van der Waals surface area contributed by atoms with Crippen LogP contribution < -0.4 is 0 Å². The van der Waals surface area contributed by atoms with E-state index < -0.39 is 15.5 Å². The van der Waals surface area contributed by atoms with E-state index in [0.29, 0.717) is 0 Å². The Morgan fingerprint density at radius 1 is 1.64 bits per heavy atom. The van der Waals surface area contributed by atoms with Crippen molar-refractivity contribution < 1.29 is 22.2 Å². The van der Waals surface area contributed by atoms with Gasteiger partial charge in [0.2, 0.25) is 0 Å². The van der Waals surface area contributed by atoms with E-state index in [9.17, 15) is 13.2 Å². The van der Waals surface area contributed by atoms with E-state index >= 15 is 0 Å². The zero-order valence-corrected chi connectivity index (χ0v) is 7.13. The molecule has 1 rings (SSSR count). The summed E-state index contributed by atoms with van der Waals surface area (Å²) in [6.07, 6.45) is 0. The van der Waals surface area contributed by atoms with Crippen molar-refractivity contribution in [3.05, 3.63) is 0 Å². The predicted molar refractivity (Wildman–Crippen MR) is 37.1 cm³/mol. The molecule has 0 aromatic carbocycles. The largest absolute Gasteiger partial charge is 0.325 e. The first kappa shape index (κ1) is 8.63. The molecule has 1 fully saturated rings. The average Bonchev–Trinajstić information content (AvgIpc) is 2.41. The van der Waals surface area contributed by atoms with Gasteiger partial charge in [-0.25, -0.2) is 9.28 Å². The van der Waals surface area contributed by atoms with Gasteiger partial charge in [0.25, 0.3) is 5.37 Å². The van der Waals surface area contributed by atoms with Gasteiger partial charge in [0.05, 0.1) is 14.0 Å². The van der Waals surface area contributed by atoms with Gasteiger partial charge in [0.1, 0.15) is 0 Å². The van der Waals surface area contributed by atoms with Gasteiger partial charge in [0, 0.05) is 0 Å². The summed E-state index contributed by atoms with van der Waals surface area (Å²) >= 11 is 0. The molecule has 2 unspecified atom stereocenters. The normalized spacial score (nSPS) is 36.8. The van der Waals surface area contributed by atoms with Crippen molar-refractivity contribution in [2.24, 2.45) is 0 Å². The minimum atomic E-state index is -4.03. The minimum Gasteiger partial charge on any atom is -0.281 e. The van der Waals surface area contributed by atoms with Gasteiger partial charge < -0.3 is 0 Å². The van der Waals surface area contributed by atoms with Gasteiger partial charge >= 0.3 is 16.0 Å². The molecule has 0 spiro atoms. The fourth-order valence-electron chi connectivity index (χ4n) is 0.997. The second kappa shape index (κ2) is 2.02. The highest BCUT2D eigenvalue weighted by molar-refractivity contribution is 7.86. The zero-order valence-electron chi connectivity index (χ0n) is 6.31. The summed E-state index contributed by atoms with van der Waals surface area (Å²) in [7, 11) is -2.54. The summed E-state index contributed by atoms with van der Waals surface area (Å²) in [6.45, 7) is 1.50. The summed E-state index contributed by atoms with van der Waals surface area (Å²) in [5, 5.41) is -0.931. The Bertz CT molecular complexity index is 296. The Morgan fingerprint density at radius 2 is 2.09 bits per heavy atom. The van der Waals surface area contributed by atoms with Crippen LogP contribution in [0.4, 0.5) is 0 Å². The van der Waals surface area contributed by atoms with Crippen molar-refractivity contribution in [2.45, 2.75) is 12.3 Å². The lowest BCUT2D eigenvalue weighted by Crippen LogP contribution is -2.31. The molecule has 1 N–H and O–H groups in total. The van der Waals surface area contributed by atoms with Crippen molar-refractivity contribution in [3.63, 3.8) is 0 Å². The van der Waals surface area contributed by atoms with Gasteiger partial charge in [-0.15, -0.1) is 0 Å². The molecular formula is C5H10NO4S+. The Balaban J connectivity index is 2.84. The van der Waals surface area contributed by atoms with Crippen LogP contribution in [0.1, 0.15) is 6.92 Å². The van der Waals surface area contributed by atoms with Crippen LogP contribution in [0, 0.1) is 0 Å². The third kappa shape index (κ3) is 1.29. The molecule has 1 heterocycles. The van der Waals surface area contributed by atoms with Crippen LogP contribution in [0.3, 0.4) is 0 Å². The first-order valence-corrected chi connectivity index (χ1v) is 4.61. The minimum absolute atomic E-state index is 0.189. The SMILES string of the molecule is CC(=O)[N+]1(C)CC1S(=O)(=O)O. The van der Waals surface area contributed by atoms with Crippen molar-refractivity contribution in [1.29, 1.82) is 0 Å². The molecule has 0 bridgehead atoms. The van der Waals surface area contributed by atoms with Crippen LogP contribution in [0.5, 0.6) is 0 Å². The Hall–Kier alpha value is -0.460. The third-order valence-electron chi connectivity index (χ3n) is 2.10. The molecular weight excluding hydrogens is 170 g/mol. The summed E-state index contributed by atoms with van der Waals surface area (Å²) in [6, 6.07) is 0. The molecule has 0 aromatic rings. The highest BCUT2D eigenvalue weighted by Crippen LogP contribution is 2.31.